The molecular formula is C30H37N3O4. The summed E-state index contributed by atoms with van der Waals surface area (Å²) in [7, 11) is 0. The minimum absolute atomic E-state index is 0.0329. The molecule has 1 atom stereocenters. The number of aromatic hydroxyl groups is 1. The number of phenolic OH excluding ortho intramolecular Hbond substituents is 1. The Balaban J connectivity index is 1.24. The van der Waals surface area contributed by atoms with E-state index in [1.165, 1.54) is 5.56 Å². The molecule has 5 N–H and O–H groups in total. The summed E-state index contributed by atoms with van der Waals surface area (Å²) >= 11 is 0. The van der Waals surface area contributed by atoms with Crippen molar-refractivity contribution in [2.45, 2.75) is 59.0 Å². The molecule has 3 aromatic rings. The molecule has 0 amide bonds. The van der Waals surface area contributed by atoms with Crippen molar-refractivity contribution in [2.75, 3.05) is 13.2 Å². The number of fused-ring (bicyclic) bond motifs is 1. The summed E-state index contributed by atoms with van der Waals surface area (Å²) in [5, 5.41) is 10.4. The lowest BCUT2D eigenvalue weighted by Gasteiger charge is -2.38. The molecule has 0 saturated carbocycles. The minimum atomic E-state index is -0.299. The van der Waals surface area contributed by atoms with E-state index in [0.717, 1.165) is 65.2 Å². The maximum Gasteiger partial charge on any atom is 0.191 e. The number of hydrogen-bond donors (Lipinski definition) is 3. The van der Waals surface area contributed by atoms with Gasteiger partial charge in [-0.2, -0.15) is 0 Å². The van der Waals surface area contributed by atoms with Gasteiger partial charge in [-0.3, -0.25) is 0 Å². The van der Waals surface area contributed by atoms with Crippen molar-refractivity contribution in [3.05, 3.63) is 76.3 Å². The molecule has 3 aromatic carbocycles. The van der Waals surface area contributed by atoms with E-state index in [1.54, 1.807) is 0 Å². The molecule has 0 fully saturated rings. The highest BCUT2D eigenvalue weighted by molar-refractivity contribution is 5.79. The Labute approximate surface area is 219 Å². The first-order chi connectivity index (χ1) is 17.6. The number of rotatable bonds is 9. The van der Waals surface area contributed by atoms with Crippen LogP contribution in [0.3, 0.4) is 0 Å². The normalized spacial score (nSPS) is 16.4. The van der Waals surface area contributed by atoms with Gasteiger partial charge in [0.25, 0.3) is 0 Å². The zero-order chi connectivity index (χ0) is 26.6. The lowest BCUT2D eigenvalue weighted by atomic mass is 9.86. The average molecular weight is 504 g/mol. The third-order valence-corrected chi connectivity index (χ3v) is 7.17. The number of guanidine groups is 1. The van der Waals surface area contributed by atoms with Gasteiger partial charge in [-0.25, -0.2) is 4.99 Å². The van der Waals surface area contributed by atoms with Gasteiger partial charge in [0.1, 0.15) is 28.6 Å². The SMILES string of the molecule is Cc1c(C)c2c(c(C)c1O)CCC(C)(CCOc1ccc(CCOc3ccc(N=C(N)N)cc3)cc1)O2. The van der Waals surface area contributed by atoms with E-state index in [0.29, 0.717) is 24.7 Å². The topological polar surface area (TPSA) is 112 Å². The van der Waals surface area contributed by atoms with Crippen molar-refractivity contribution in [1.82, 2.24) is 0 Å². The molecule has 1 aliphatic heterocycles. The Bertz CT molecular complexity index is 1270. The fourth-order valence-corrected chi connectivity index (χ4v) is 4.66. The van der Waals surface area contributed by atoms with E-state index in [-0.39, 0.29) is 11.6 Å². The molecule has 1 heterocycles. The fraction of sp³-hybridized carbons (Fsp3) is 0.367. The van der Waals surface area contributed by atoms with Crippen LogP contribution in [-0.4, -0.2) is 29.9 Å². The van der Waals surface area contributed by atoms with Crippen LogP contribution in [0.5, 0.6) is 23.0 Å². The van der Waals surface area contributed by atoms with Gasteiger partial charge in [0.15, 0.2) is 5.96 Å². The molecule has 4 rings (SSSR count). The summed E-state index contributed by atoms with van der Waals surface area (Å²) in [5.41, 5.74) is 16.3. The van der Waals surface area contributed by atoms with Crippen molar-refractivity contribution >= 4 is 11.6 Å². The predicted octanol–water partition coefficient (Wildman–Crippen LogP) is 5.40. The first-order valence-corrected chi connectivity index (χ1v) is 12.7. The number of hydrogen-bond acceptors (Lipinski definition) is 5. The molecule has 0 radical (unpaired) electrons. The van der Waals surface area contributed by atoms with Crippen molar-refractivity contribution in [3.63, 3.8) is 0 Å². The molecule has 1 aliphatic rings. The maximum absolute atomic E-state index is 10.4. The molecule has 7 nitrogen and oxygen atoms in total. The second-order valence-corrected chi connectivity index (χ2v) is 9.95. The van der Waals surface area contributed by atoms with Crippen molar-refractivity contribution < 1.29 is 19.3 Å². The average Bonchev–Trinajstić information content (AvgIpc) is 2.88. The third-order valence-electron chi connectivity index (χ3n) is 7.17. The van der Waals surface area contributed by atoms with E-state index in [2.05, 4.69) is 24.0 Å². The Morgan fingerprint density at radius 2 is 1.54 bits per heavy atom. The Morgan fingerprint density at radius 1 is 0.919 bits per heavy atom. The third kappa shape index (κ3) is 6.28. The van der Waals surface area contributed by atoms with Gasteiger partial charge in [0, 0.05) is 18.4 Å². The van der Waals surface area contributed by atoms with Crippen molar-refractivity contribution in [2.24, 2.45) is 16.5 Å². The smallest absolute Gasteiger partial charge is 0.191 e. The van der Waals surface area contributed by atoms with Gasteiger partial charge in [0.2, 0.25) is 0 Å². The Hall–Kier alpha value is -3.87. The molecule has 0 spiro atoms. The number of nitrogens with zero attached hydrogens (tertiary/aromatic N) is 1. The summed E-state index contributed by atoms with van der Waals surface area (Å²) in [6, 6.07) is 15.5. The van der Waals surface area contributed by atoms with Gasteiger partial charge in [-0.15, -0.1) is 0 Å². The number of aliphatic imine (C=N–C) groups is 1. The lowest BCUT2D eigenvalue weighted by molar-refractivity contribution is 0.0411. The zero-order valence-corrected chi connectivity index (χ0v) is 22.1. The van der Waals surface area contributed by atoms with Crippen LogP contribution in [0.15, 0.2) is 53.5 Å². The molecule has 0 aromatic heterocycles. The highest BCUT2D eigenvalue weighted by Crippen LogP contribution is 2.44. The number of nitrogens with two attached hydrogens (primary N) is 2. The first kappa shape index (κ1) is 26.2. The van der Waals surface area contributed by atoms with Crippen LogP contribution in [0.25, 0.3) is 0 Å². The molecular weight excluding hydrogens is 466 g/mol. The largest absolute Gasteiger partial charge is 0.507 e. The quantitative estimate of drug-likeness (QED) is 0.266. The number of phenols is 1. The van der Waals surface area contributed by atoms with Crippen LogP contribution in [0.1, 0.15) is 47.6 Å². The molecule has 0 saturated heterocycles. The molecule has 0 bridgehead atoms. The minimum Gasteiger partial charge on any atom is -0.507 e. The van der Waals surface area contributed by atoms with Crippen LogP contribution in [0, 0.1) is 20.8 Å². The first-order valence-electron chi connectivity index (χ1n) is 12.7. The van der Waals surface area contributed by atoms with E-state index in [9.17, 15) is 5.11 Å². The van der Waals surface area contributed by atoms with Gasteiger partial charge < -0.3 is 30.8 Å². The molecule has 0 aliphatic carbocycles. The summed E-state index contributed by atoms with van der Waals surface area (Å²) in [6.45, 7) is 9.22. The Kier molecular flexibility index (Phi) is 7.81. The lowest BCUT2D eigenvalue weighted by Crippen LogP contribution is -2.38. The molecule has 7 heteroatoms. The van der Waals surface area contributed by atoms with Crippen LogP contribution in [0.2, 0.25) is 0 Å². The summed E-state index contributed by atoms with van der Waals surface area (Å²) in [5.74, 6) is 2.96. The Morgan fingerprint density at radius 3 is 2.19 bits per heavy atom. The molecule has 37 heavy (non-hydrogen) atoms. The molecule has 1 unspecified atom stereocenters. The second-order valence-electron chi connectivity index (χ2n) is 9.95. The number of ether oxygens (including phenoxy) is 3. The second kappa shape index (κ2) is 11.0. The van der Waals surface area contributed by atoms with E-state index in [1.807, 2.05) is 57.2 Å². The number of benzene rings is 3. The standard InChI is InChI=1S/C30H37N3O4/c1-19-20(2)28-26(21(3)27(19)34)13-15-30(4,37-28)16-18-36-24-9-5-22(6-10-24)14-17-35-25-11-7-23(8-12-25)33-29(31)32/h5-12,34H,13-18H2,1-4H3,(H4,31,32,33). The summed E-state index contributed by atoms with van der Waals surface area (Å²) in [4.78, 5) is 4.00. The van der Waals surface area contributed by atoms with Gasteiger partial charge >= 0.3 is 0 Å². The highest BCUT2D eigenvalue weighted by atomic mass is 16.5. The fourth-order valence-electron chi connectivity index (χ4n) is 4.66. The zero-order valence-electron chi connectivity index (χ0n) is 22.1. The molecule has 196 valence electrons. The summed E-state index contributed by atoms with van der Waals surface area (Å²) < 4.78 is 18.4. The van der Waals surface area contributed by atoms with E-state index < -0.39 is 0 Å². The maximum atomic E-state index is 10.4. The van der Waals surface area contributed by atoms with Crippen LogP contribution in [0.4, 0.5) is 5.69 Å². The van der Waals surface area contributed by atoms with Gasteiger partial charge in [-0.1, -0.05) is 12.1 Å². The van der Waals surface area contributed by atoms with Crippen LogP contribution < -0.4 is 25.7 Å². The van der Waals surface area contributed by atoms with E-state index >= 15 is 0 Å². The van der Waals surface area contributed by atoms with Crippen molar-refractivity contribution in [3.8, 4) is 23.0 Å². The van der Waals surface area contributed by atoms with E-state index in [4.69, 9.17) is 25.7 Å². The van der Waals surface area contributed by atoms with Crippen LogP contribution in [-0.2, 0) is 12.8 Å². The summed E-state index contributed by atoms with van der Waals surface area (Å²) in [6.07, 6.45) is 3.35. The van der Waals surface area contributed by atoms with Gasteiger partial charge in [0.05, 0.1) is 18.9 Å². The van der Waals surface area contributed by atoms with Gasteiger partial charge in [-0.05, 0) is 99.2 Å². The highest BCUT2D eigenvalue weighted by Gasteiger charge is 2.34. The monoisotopic (exact) mass is 503 g/mol. The predicted molar refractivity (Wildman–Crippen MR) is 147 cm³/mol. The van der Waals surface area contributed by atoms with Crippen LogP contribution >= 0.6 is 0 Å². The van der Waals surface area contributed by atoms with Crippen molar-refractivity contribution in [1.29, 1.82) is 0 Å².